The van der Waals surface area contributed by atoms with E-state index in [-0.39, 0.29) is 11.7 Å². The first kappa shape index (κ1) is 21.3. The number of anilines is 1. The minimum Gasteiger partial charge on any atom is -0.497 e. The average molecular weight is 445 g/mol. The molecule has 1 heterocycles. The van der Waals surface area contributed by atoms with E-state index in [2.05, 4.69) is 10.3 Å². The third-order valence-corrected chi connectivity index (χ3v) is 5.78. The molecule has 0 saturated heterocycles. The number of hydrogen-bond donors (Lipinski definition) is 1. The summed E-state index contributed by atoms with van der Waals surface area (Å²) in [6.07, 6.45) is 0. The maximum atomic E-state index is 13.3. The quantitative estimate of drug-likeness (QED) is 0.391. The Balaban J connectivity index is 1.67. The van der Waals surface area contributed by atoms with Gasteiger partial charge in [0.25, 0.3) is 5.91 Å². The van der Waals surface area contributed by atoms with Crippen molar-refractivity contribution < 1.29 is 19.1 Å². The Morgan fingerprint density at radius 3 is 1.91 bits per heavy atom. The molecule has 0 aliphatic rings. The number of ether oxygens (including phenoxy) is 2. The number of ketones is 1. The van der Waals surface area contributed by atoms with E-state index in [0.29, 0.717) is 38.3 Å². The molecule has 0 fully saturated rings. The van der Waals surface area contributed by atoms with Crippen molar-refractivity contribution in [3.8, 4) is 22.8 Å². The second-order valence-electron chi connectivity index (χ2n) is 6.80. The minimum atomic E-state index is -0.315. The topological polar surface area (TPSA) is 77.5 Å². The van der Waals surface area contributed by atoms with Crippen LogP contribution in [0.1, 0.15) is 25.6 Å². The van der Waals surface area contributed by atoms with Gasteiger partial charge in [0, 0.05) is 16.7 Å². The van der Waals surface area contributed by atoms with Gasteiger partial charge < -0.3 is 9.47 Å². The van der Waals surface area contributed by atoms with Crippen LogP contribution in [-0.2, 0) is 0 Å². The van der Waals surface area contributed by atoms with E-state index in [1.54, 1.807) is 62.8 Å². The van der Waals surface area contributed by atoms with Crippen LogP contribution in [0.5, 0.6) is 11.5 Å². The molecule has 160 valence electrons. The van der Waals surface area contributed by atoms with Crippen molar-refractivity contribution in [1.29, 1.82) is 0 Å². The fourth-order valence-electron chi connectivity index (χ4n) is 3.10. The van der Waals surface area contributed by atoms with Gasteiger partial charge in [-0.1, -0.05) is 41.7 Å². The molecule has 0 spiro atoms. The number of carbonyl (C=O) groups is 2. The summed E-state index contributed by atoms with van der Waals surface area (Å²) in [4.78, 5) is 31.0. The first-order chi connectivity index (χ1) is 15.6. The summed E-state index contributed by atoms with van der Waals surface area (Å²) in [5.41, 5.74) is 2.30. The molecule has 4 rings (SSSR count). The molecule has 0 saturated carbocycles. The van der Waals surface area contributed by atoms with Crippen molar-refractivity contribution in [2.75, 3.05) is 19.5 Å². The molecule has 4 aromatic rings. The molecule has 1 amide bonds. The second kappa shape index (κ2) is 9.45. The fourth-order valence-corrected chi connectivity index (χ4v) is 4.05. The van der Waals surface area contributed by atoms with Crippen LogP contribution in [0.4, 0.5) is 5.13 Å². The zero-order valence-corrected chi connectivity index (χ0v) is 18.3. The van der Waals surface area contributed by atoms with Crippen molar-refractivity contribution >= 4 is 28.2 Å². The zero-order valence-electron chi connectivity index (χ0n) is 17.5. The monoisotopic (exact) mass is 444 g/mol. The van der Waals surface area contributed by atoms with Crippen LogP contribution in [-0.4, -0.2) is 30.9 Å². The summed E-state index contributed by atoms with van der Waals surface area (Å²) in [7, 11) is 3.14. The van der Waals surface area contributed by atoms with E-state index in [1.807, 2.05) is 30.3 Å². The van der Waals surface area contributed by atoms with E-state index < -0.39 is 0 Å². The number of amides is 1. The van der Waals surface area contributed by atoms with E-state index in [9.17, 15) is 9.59 Å². The molecule has 6 nitrogen and oxygen atoms in total. The number of methoxy groups -OCH3 is 2. The molecule has 0 aliphatic heterocycles. The summed E-state index contributed by atoms with van der Waals surface area (Å²) >= 11 is 1.15. The third-order valence-electron chi connectivity index (χ3n) is 4.81. The summed E-state index contributed by atoms with van der Waals surface area (Å²) in [5.74, 6) is 0.842. The number of rotatable bonds is 7. The van der Waals surface area contributed by atoms with Gasteiger partial charge in [-0.15, -0.1) is 0 Å². The lowest BCUT2D eigenvalue weighted by Gasteiger charge is -2.03. The highest BCUT2D eigenvalue weighted by Crippen LogP contribution is 2.33. The number of nitrogens with zero attached hydrogens (tertiary/aromatic N) is 1. The van der Waals surface area contributed by atoms with Crippen LogP contribution < -0.4 is 14.8 Å². The van der Waals surface area contributed by atoms with Gasteiger partial charge in [-0.3, -0.25) is 14.9 Å². The molecule has 0 unspecified atom stereocenters. The van der Waals surface area contributed by atoms with Crippen LogP contribution in [0.3, 0.4) is 0 Å². The standard InChI is InChI=1S/C25H20N2O4S/c1-30-19-12-8-17(9-13-19)22(28)23-21(16-6-4-3-5-7-16)26-25(32-23)27-24(29)18-10-14-20(31-2)15-11-18/h3-15H,1-2H3,(H,26,27,29). The number of nitrogens with one attached hydrogen (secondary N) is 1. The average Bonchev–Trinajstić information content (AvgIpc) is 3.28. The Hall–Kier alpha value is -3.97. The highest BCUT2D eigenvalue weighted by atomic mass is 32.1. The van der Waals surface area contributed by atoms with Crippen molar-refractivity contribution in [2.24, 2.45) is 0 Å². The molecule has 0 atom stereocenters. The molecule has 3 aromatic carbocycles. The number of carbonyl (C=O) groups excluding carboxylic acids is 2. The first-order valence-corrected chi connectivity index (χ1v) is 10.6. The lowest BCUT2D eigenvalue weighted by molar-refractivity contribution is 0.102. The fraction of sp³-hybridized carbons (Fsp3) is 0.0800. The van der Waals surface area contributed by atoms with Crippen molar-refractivity contribution in [3.05, 3.63) is 94.9 Å². The van der Waals surface area contributed by atoms with Gasteiger partial charge in [-0.25, -0.2) is 4.98 Å². The van der Waals surface area contributed by atoms with Gasteiger partial charge >= 0.3 is 0 Å². The molecule has 1 N–H and O–H groups in total. The SMILES string of the molecule is COc1ccc(C(=O)Nc2nc(-c3ccccc3)c(C(=O)c3ccc(OC)cc3)s2)cc1. The number of thiazole rings is 1. The molecule has 32 heavy (non-hydrogen) atoms. The summed E-state index contributed by atoms with van der Waals surface area (Å²) in [5, 5.41) is 3.15. The van der Waals surface area contributed by atoms with Crippen molar-refractivity contribution in [2.45, 2.75) is 0 Å². The number of aromatic nitrogens is 1. The largest absolute Gasteiger partial charge is 0.497 e. The highest BCUT2D eigenvalue weighted by Gasteiger charge is 2.22. The Morgan fingerprint density at radius 1 is 0.781 bits per heavy atom. The second-order valence-corrected chi connectivity index (χ2v) is 7.80. The van der Waals surface area contributed by atoms with Gasteiger partial charge in [-0.05, 0) is 48.5 Å². The van der Waals surface area contributed by atoms with Crippen molar-refractivity contribution in [3.63, 3.8) is 0 Å². The van der Waals surface area contributed by atoms with Crippen LogP contribution in [0.15, 0.2) is 78.9 Å². The maximum Gasteiger partial charge on any atom is 0.257 e. The maximum absolute atomic E-state index is 13.3. The smallest absolute Gasteiger partial charge is 0.257 e. The first-order valence-electron chi connectivity index (χ1n) is 9.79. The molecule has 0 radical (unpaired) electrons. The van der Waals surface area contributed by atoms with Gasteiger partial charge in [0.1, 0.15) is 16.4 Å². The van der Waals surface area contributed by atoms with E-state index in [0.717, 1.165) is 16.9 Å². The van der Waals surface area contributed by atoms with Crippen LogP contribution in [0.2, 0.25) is 0 Å². The Labute approximate surface area is 189 Å². The van der Waals surface area contributed by atoms with Crippen LogP contribution in [0, 0.1) is 0 Å². The normalized spacial score (nSPS) is 10.4. The number of hydrogen-bond acceptors (Lipinski definition) is 6. The van der Waals surface area contributed by atoms with Crippen molar-refractivity contribution in [1.82, 2.24) is 4.98 Å². The molecule has 1 aromatic heterocycles. The van der Waals surface area contributed by atoms with Crippen LogP contribution in [0.25, 0.3) is 11.3 Å². The van der Waals surface area contributed by atoms with Crippen LogP contribution >= 0.6 is 11.3 Å². The van der Waals surface area contributed by atoms with Gasteiger partial charge in [-0.2, -0.15) is 0 Å². The minimum absolute atomic E-state index is 0.172. The molecular formula is C25H20N2O4S. The molecule has 0 aliphatic carbocycles. The Morgan fingerprint density at radius 2 is 1.34 bits per heavy atom. The third kappa shape index (κ3) is 4.53. The highest BCUT2D eigenvalue weighted by molar-refractivity contribution is 7.18. The number of benzene rings is 3. The van der Waals surface area contributed by atoms with Gasteiger partial charge in [0.2, 0.25) is 5.78 Å². The van der Waals surface area contributed by atoms with Gasteiger partial charge in [0.15, 0.2) is 5.13 Å². The lowest BCUT2D eigenvalue weighted by Crippen LogP contribution is -2.11. The predicted octanol–water partition coefficient (Wildman–Crippen LogP) is 5.31. The zero-order chi connectivity index (χ0) is 22.5. The summed E-state index contributed by atoms with van der Waals surface area (Å²) in [6.45, 7) is 0. The lowest BCUT2D eigenvalue weighted by atomic mass is 10.1. The molecule has 7 heteroatoms. The summed E-state index contributed by atoms with van der Waals surface area (Å²) in [6, 6.07) is 23.1. The molecular weight excluding hydrogens is 424 g/mol. The predicted molar refractivity (Wildman–Crippen MR) is 125 cm³/mol. The Kier molecular flexibility index (Phi) is 6.28. The Bertz CT molecular complexity index is 1230. The van der Waals surface area contributed by atoms with E-state index >= 15 is 0 Å². The van der Waals surface area contributed by atoms with E-state index in [4.69, 9.17) is 9.47 Å². The van der Waals surface area contributed by atoms with E-state index in [1.165, 1.54) is 0 Å². The molecule has 0 bridgehead atoms. The summed E-state index contributed by atoms with van der Waals surface area (Å²) < 4.78 is 10.3. The van der Waals surface area contributed by atoms with Gasteiger partial charge in [0.05, 0.1) is 19.9 Å².